The number of nitrogens with two attached hydrogens (primary N) is 1. The topological polar surface area (TPSA) is 90.6 Å². The maximum atomic E-state index is 12.7. The third-order valence-corrected chi connectivity index (χ3v) is 5.39. The molecule has 0 aliphatic carbocycles. The minimum Gasteiger partial charge on any atom is -0.496 e. The molecule has 0 bridgehead atoms. The molecule has 0 heterocycles. The van der Waals surface area contributed by atoms with Crippen molar-refractivity contribution in [1.82, 2.24) is 5.32 Å². The van der Waals surface area contributed by atoms with Gasteiger partial charge in [-0.3, -0.25) is 9.59 Å². The van der Waals surface area contributed by atoms with Gasteiger partial charge in [-0.25, -0.2) is 8.78 Å². The summed E-state index contributed by atoms with van der Waals surface area (Å²) in [6, 6.07) is 26.0. The first-order chi connectivity index (χ1) is 18.8. The molecule has 0 fully saturated rings. The summed E-state index contributed by atoms with van der Waals surface area (Å²) < 4.78 is 35.0. The van der Waals surface area contributed by atoms with Crippen LogP contribution >= 0.6 is 11.6 Å². The van der Waals surface area contributed by atoms with Gasteiger partial charge in [0.1, 0.15) is 23.1 Å². The Hall–Kier alpha value is -4.27. The van der Waals surface area contributed by atoms with E-state index in [4.69, 9.17) is 26.8 Å². The monoisotopic (exact) mass is 554 g/mol. The van der Waals surface area contributed by atoms with Crippen molar-refractivity contribution in [3.63, 3.8) is 0 Å². The zero-order chi connectivity index (χ0) is 28.6. The van der Waals surface area contributed by atoms with E-state index in [0.717, 1.165) is 11.1 Å². The van der Waals surface area contributed by atoms with Crippen LogP contribution in [0.2, 0.25) is 0 Å². The Morgan fingerprint density at radius 2 is 1.15 bits per heavy atom. The first-order valence-electron chi connectivity index (χ1n) is 11.7. The summed E-state index contributed by atoms with van der Waals surface area (Å²) in [7, 11) is 3.02. The summed E-state index contributed by atoms with van der Waals surface area (Å²) in [6.07, 6.45) is 0. The van der Waals surface area contributed by atoms with Crippen LogP contribution in [0.5, 0.6) is 11.5 Å². The van der Waals surface area contributed by atoms with Gasteiger partial charge in [-0.05, 0) is 71.3 Å². The smallest absolute Gasteiger partial charge is 0.256 e. The van der Waals surface area contributed by atoms with Gasteiger partial charge >= 0.3 is 0 Å². The van der Waals surface area contributed by atoms with Gasteiger partial charge in [-0.2, -0.15) is 0 Å². The van der Waals surface area contributed by atoms with Crippen molar-refractivity contribution in [2.24, 2.45) is 5.73 Å². The second kappa shape index (κ2) is 16.5. The number of benzene rings is 4. The Bertz CT molecular complexity index is 1330. The van der Waals surface area contributed by atoms with Crippen LogP contribution in [0.3, 0.4) is 0 Å². The highest BCUT2D eigenvalue weighted by molar-refractivity contribution is 6.68. The third-order valence-electron chi connectivity index (χ3n) is 5.19. The molecule has 0 aromatic heterocycles. The lowest BCUT2D eigenvalue weighted by molar-refractivity contribution is 0.0947. The largest absolute Gasteiger partial charge is 0.496 e. The van der Waals surface area contributed by atoms with Crippen LogP contribution in [0.1, 0.15) is 31.8 Å². The second-order valence-corrected chi connectivity index (χ2v) is 8.16. The van der Waals surface area contributed by atoms with Gasteiger partial charge in [0, 0.05) is 13.1 Å². The number of hydrogen-bond acceptors (Lipinski definition) is 5. The van der Waals surface area contributed by atoms with E-state index in [-0.39, 0.29) is 17.5 Å². The summed E-state index contributed by atoms with van der Waals surface area (Å²) in [4.78, 5) is 22.7. The average molecular weight is 555 g/mol. The number of carbonyl (C=O) groups is 2. The van der Waals surface area contributed by atoms with Crippen molar-refractivity contribution >= 4 is 22.8 Å². The van der Waals surface area contributed by atoms with Gasteiger partial charge in [0.15, 0.2) is 0 Å². The van der Waals surface area contributed by atoms with Gasteiger partial charge in [0.2, 0.25) is 0 Å². The lowest BCUT2D eigenvalue weighted by atomic mass is 10.1. The van der Waals surface area contributed by atoms with Gasteiger partial charge < -0.3 is 20.5 Å². The number of para-hydroxylation sites is 2. The van der Waals surface area contributed by atoms with Crippen LogP contribution in [-0.2, 0) is 13.1 Å². The Morgan fingerprint density at radius 1 is 0.718 bits per heavy atom. The highest BCUT2D eigenvalue weighted by Gasteiger charge is 2.10. The van der Waals surface area contributed by atoms with Gasteiger partial charge in [0.05, 0.1) is 25.3 Å². The lowest BCUT2D eigenvalue weighted by Crippen LogP contribution is -2.23. The highest BCUT2D eigenvalue weighted by Crippen LogP contribution is 2.19. The Morgan fingerprint density at radius 3 is 1.59 bits per heavy atom. The molecule has 204 valence electrons. The number of hydrogen-bond donors (Lipinski definition) is 2. The molecular weight excluding hydrogens is 526 g/mol. The molecule has 4 aromatic rings. The van der Waals surface area contributed by atoms with Crippen molar-refractivity contribution in [3.8, 4) is 11.5 Å². The fraction of sp³-hybridized carbons (Fsp3) is 0.133. The molecule has 0 atom stereocenters. The number of halogens is 3. The van der Waals surface area contributed by atoms with E-state index in [2.05, 4.69) is 5.32 Å². The molecule has 39 heavy (non-hydrogen) atoms. The summed E-state index contributed by atoms with van der Waals surface area (Å²) in [6.45, 7) is 0.817. The molecule has 0 spiro atoms. The molecule has 9 heteroatoms. The second-order valence-electron chi connectivity index (χ2n) is 7.81. The molecule has 4 rings (SSSR count). The quantitative estimate of drug-likeness (QED) is 0.268. The van der Waals surface area contributed by atoms with E-state index in [1.165, 1.54) is 38.5 Å². The van der Waals surface area contributed by atoms with Crippen LogP contribution in [-0.4, -0.2) is 25.4 Å². The van der Waals surface area contributed by atoms with Crippen molar-refractivity contribution in [1.29, 1.82) is 0 Å². The van der Waals surface area contributed by atoms with E-state index in [9.17, 15) is 18.4 Å². The zero-order valence-corrected chi connectivity index (χ0v) is 22.3. The predicted octanol–water partition coefficient (Wildman–Crippen LogP) is 6.12. The number of methoxy groups -OCH3 is 2. The summed E-state index contributed by atoms with van der Waals surface area (Å²) in [5, 5.41) is 2.27. The molecule has 0 saturated heterocycles. The molecule has 6 nitrogen and oxygen atoms in total. The number of ether oxygens (including phenoxy) is 2. The maximum Gasteiger partial charge on any atom is 0.256 e. The number of amides is 1. The van der Waals surface area contributed by atoms with Gasteiger partial charge in [0.25, 0.3) is 11.1 Å². The van der Waals surface area contributed by atoms with Crippen LogP contribution in [0.15, 0.2) is 97.1 Å². The standard InChI is InChI=1S/C15H14FNO2.C8H7ClO2.C7H8FN/c1-19-14-5-3-2-4-13(14)15(18)17-10-11-6-8-12(16)9-7-11;1-11-7-5-3-2-4-6(7)8(9)10;8-7-3-1-6(5-9)2-4-7/h2-9H,10H2,1H3,(H,17,18);2-5H,1H3;1-4H,5,9H2. The number of carbonyl (C=O) groups excluding carboxylic acids is 2. The lowest BCUT2D eigenvalue weighted by Gasteiger charge is -2.09. The summed E-state index contributed by atoms with van der Waals surface area (Å²) >= 11 is 5.27. The Kier molecular flexibility index (Phi) is 13.1. The molecule has 0 radical (unpaired) electrons. The number of nitrogens with one attached hydrogen (secondary N) is 1. The van der Waals surface area contributed by atoms with Crippen molar-refractivity contribution < 1.29 is 27.8 Å². The maximum absolute atomic E-state index is 12.7. The van der Waals surface area contributed by atoms with E-state index in [1.807, 2.05) is 0 Å². The van der Waals surface area contributed by atoms with Crippen molar-refractivity contribution in [2.45, 2.75) is 13.1 Å². The van der Waals surface area contributed by atoms with E-state index < -0.39 is 5.24 Å². The Balaban J connectivity index is 0.000000226. The molecule has 0 saturated carbocycles. The van der Waals surface area contributed by atoms with Crippen LogP contribution in [0, 0.1) is 11.6 Å². The van der Waals surface area contributed by atoms with Crippen LogP contribution in [0.25, 0.3) is 0 Å². The SMILES string of the molecule is COc1ccccc1C(=O)Cl.COc1ccccc1C(=O)NCc1ccc(F)cc1.NCc1ccc(F)cc1. The summed E-state index contributed by atoms with van der Waals surface area (Å²) in [5.74, 6) is 0.306. The number of rotatable bonds is 7. The van der Waals surface area contributed by atoms with Gasteiger partial charge in [-0.15, -0.1) is 0 Å². The van der Waals surface area contributed by atoms with Crippen LogP contribution < -0.4 is 20.5 Å². The highest BCUT2D eigenvalue weighted by atomic mass is 35.5. The molecule has 0 aliphatic heterocycles. The zero-order valence-electron chi connectivity index (χ0n) is 21.5. The fourth-order valence-electron chi connectivity index (χ4n) is 3.14. The van der Waals surface area contributed by atoms with E-state index >= 15 is 0 Å². The molecule has 0 aliphatic rings. The third kappa shape index (κ3) is 10.6. The fourth-order valence-corrected chi connectivity index (χ4v) is 3.30. The average Bonchev–Trinajstić information content (AvgIpc) is 2.97. The van der Waals surface area contributed by atoms with Crippen molar-refractivity contribution in [2.75, 3.05) is 14.2 Å². The first kappa shape index (κ1) is 31.0. The molecular formula is C30H29ClF2N2O4. The minimum absolute atomic E-state index is 0.216. The molecule has 1 amide bonds. The minimum atomic E-state index is -0.498. The molecule has 4 aromatic carbocycles. The van der Waals surface area contributed by atoms with Gasteiger partial charge in [-0.1, -0.05) is 48.5 Å². The van der Waals surface area contributed by atoms with E-state index in [1.54, 1.807) is 72.8 Å². The normalized spacial score (nSPS) is 9.69. The van der Waals surface area contributed by atoms with Crippen LogP contribution in [0.4, 0.5) is 8.78 Å². The van der Waals surface area contributed by atoms with E-state index in [0.29, 0.717) is 35.7 Å². The van der Waals surface area contributed by atoms with Crippen molar-refractivity contribution in [3.05, 3.63) is 131 Å². The molecule has 0 unspecified atom stereocenters. The first-order valence-corrected chi connectivity index (χ1v) is 12.1. The Labute approximate surface area is 231 Å². The predicted molar refractivity (Wildman–Crippen MR) is 148 cm³/mol. The summed E-state index contributed by atoms with van der Waals surface area (Å²) in [5.41, 5.74) is 7.95. The molecule has 3 N–H and O–H groups in total.